The Hall–Kier alpha value is -1.97. The summed E-state index contributed by atoms with van der Waals surface area (Å²) in [6, 6.07) is 4.59. The van der Waals surface area contributed by atoms with Crippen LogP contribution in [0.15, 0.2) is 32.8 Å². The van der Waals surface area contributed by atoms with Gasteiger partial charge >= 0.3 is 0 Å². The quantitative estimate of drug-likeness (QED) is 0.555. The van der Waals surface area contributed by atoms with Crippen LogP contribution in [0.4, 0.5) is 5.69 Å². The lowest BCUT2D eigenvalue weighted by molar-refractivity contribution is -0.387. The van der Waals surface area contributed by atoms with E-state index in [0.717, 1.165) is 36.0 Å². The van der Waals surface area contributed by atoms with E-state index in [1.54, 1.807) is 12.1 Å². The van der Waals surface area contributed by atoms with Crippen molar-refractivity contribution < 1.29 is 9.72 Å². The highest BCUT2D eigenvalue weighted by atomic mass is 32.2. The number of benzene rings is 1. The number of aromatic nitrogens is 1. The first-order chi connectivity index (χ1) is 12.5. The third kappa shape index (κ3) is 4.80. The van der Waals surface area contributed by atoms with Crippen LogP contribution in [-0.4, -0.2) is 35.4 Å². The number of rotatable bonds is 7. The van der Waals surface area contributed by atoms with Crippen molar-refractivity contribution in [1.29, 1.82) is 0 Å². The monoisotopic (exact) mass is 392 g/mol. The number of nitrogens with one attached hydrogen (secondary N) is 2. The summed E-state index contributed by atoms with van der Waals surface area (Å²) in [4.78, 5) is 28.1. The minimum atomic E-state index is -0.455. The Morgan fingerprint density at radius 3 is 3.04 bits per heavy atom. The van der Waals surface area contributed by atoms with E-state index in [2.05, 4.69) is 15.6 Å². The summed E-state index contributed by atoms with van der Waals surface area (Å²) in [5.74, 6) is 0.311. The van der Waals surface area contributed by atoms with Gasteiger partial charge in [-0.15, -0.1) is 11.3 Å². The van der Waals surface area contributed by atoms with Gasteiger partial charge in [0.15, 0.2) is 4.34 Å². The number of thiazole rings is 1. The molecule has 1 aliphatic heterocycles. The lowest BCUT2D eigenvalue weighted by Gasteiger charge is -2.10. The minimum absolute atomic E-state index is 0.0736. The molecular formula is C17H20N4O3S2. The van der Waals surface area contributed by atoms with Crippen molar-refractivity contribution in [3.63, 3.8) is 0 Å². The normalized spacial score (nSPS) is 16.6. The molecule has 2 aromatic rings. The number of carbonyl (C=O) groups excluding carboxylic acids is 1. The van der Waals surface area contributed by atoms with Crippen LogP contribution in [0.5, 0.6) is 0 Å². The summed E-state index contributed by atoms with van der Waals surface area (Å²) in [5.41, 5.74) is 1.12. The number of nitro benzene ring substituents is 1. The van der Waals surface area contributed by atoms with Gasteiger partial charge in [-0.3, -0.25) is 14.9 Å². The molecule has 1 atom stereocenters. The molecule has 0 saturated carbocycles. The van der Waals surface area contributed by atoms with E-state index in [1.807, 2.05) is 12.3 Å². The van der Waals surface area contributed by atoms with Gasteiger partial charge in [0, 0.05) is 29.2 Å². The van der Waals surface area contributed by atoms with E-state index in [0.29, 0.717) is 22.9 Å². The molecule has 1 aliphatic rings. The number of amides is 1. The van der Waals surface area contributed by atoms with Gasteiger partial charge in [0.05, 0.1) is 9.82 Å². The minimum Gasteiger partial charge on any atom is -0.352 e. The SMILES string of the molecule is Cc1csc(Sc2ccc(C(=O)NCCC3CCNC3)cc2[N+](=O)[O-])n1. The number of nitrogens with zero attached hydrogens (tertiary/aromatic N) is 2. The Morgan fingerprint density at radius 1 is 1.54 bits per heavy atom. The molecule has 1 amide bonds. The summed E-state index contributed by atoms with van der Waals surface area (Å²) >= 11 is 2.69. The molecule has 0 spiro atoms. The van der Waals surface area contributed by atoms with Crippen LogP contribution in [0.25, 0.3) is 0 Å². The summed E-state index contributed by atoms with van der Waals surface area (Å²) in [5, 5.41) is 19.5. The van der Waals surface area contributed by atoms with Crippen molar-refractivity contribution in [2.45, 2.75) is 29.0 Å². The molecule has 1 fully saturated rings. The smallest absolute Gasteiger partial charge is 0.284 e. The maximum absolute atomic E-state index is 12.3. The third-order valence-electron chi connectivity index (χ3n) is 4.21. The largest absolute Gasteiger partial charge is 0.352 e. The van der Waals surface area contributed by atoms with Gasteiger partial charge in [-0.2, -0.15) is 0 Å². The van der Waals surface area contributed by atoms with E-state index >= 15 is 0 Å². The van der Waals surface area contributed by atoms with Gasteiger partial charge in [-0.25, -0.2) is 4.98 Å². The molecule has 0 bridgehead atoms. The molecule has 9 heteroatoms. The zero-order chi connectivity index (χ0) is 18.5. The second-order valence-corrected chi connectivity index (χ2v) is 8.35. The van der Waals surface area contributed by atoms with E-state index in [9.17, 15) is 14.9 Å². The van der Waals surface area contributed by atoms with Gasteiger partial charge in [0.25, 0.3) is 11.6 Å². The van der Waals surface area contributed by atoms with Crippen molar-refractivity contribution >= 4 is 34.7 Å². The summed E-state index contributed by atoms with van der Waals surface area (Å²) in [6.45, 7) is 4.48. The van der Waals surface area contributed by atoms with Gasteiger partial charge in [0.2, 0.25) is 0 Å². The molecule has 138 valence electrons. The van der Waals surface area contributed by atoms with Crippen molar-refractivity contribution in [3.8, 4) is 0 Å². The van der Waals surface area contributed by atoms with Gasteiger partial charge in [0.1, 0.15) is 0 Å². The second-order valence-electron chi connectivity index (χ2n) is 6.20. The molecule has 3 rings (SSSR count). The van der Waals surface area contributed by atoms with Gasteiger partial charge in [-0.05, 0) is 50.9 Å². The molecule has 1 saturated heterocycles. The van der Waals surface area contributed by atoms with Crippen molar-refractivity contribution in [3.05, 3.63) is 45.0 Å². The summed E-state index contributed by atoms with van der Waals surface area (Å²) in [7, 11) is 0. The number of aryl methyl sites for hydroxylation is 1. The maximum atomic E-state index is 12.3. The molecule has 1 unspecified atom stereocenters. The van der Waals surface area contributed by atoms with Gasteiger partial charge in [-0.1, -0.05) is 11.8 Å². The fraction of sp³-hybridized carbons (Fsp3) is 0.412. The van der Waals surface area contributed by atoms with Gasteiger partial charge < -0.3 is 10.6 Å². The number of hydrogen-bond acceptors (Lipinski definition) is 7. The summed E-state index contributed by atoms with van der Waals surface area (Å²) < 4.78 is 0.743. The highest BCUT2D eigenvalue weighted by molar-refractivity contribution is 8.01. The first kappa shape index (κ1) is 18.8. The lowest BCUT2D eigenvalue weighted by Crippen LogP contribution is -2.26. The molecule has 1 aromatic carbocycles. The molecular weight excluding hydrogens is 372 g/mol. The Balaban J connectivity index is 1.66. The Kier molecular flexibility index (Phi) is 6.23. The van der Waals surface area contributed by atoms with Crippen LogP contribution >= 0.6 is 23.1 Å². The lowest BCUT2D eigenvalue weighted by atomic mass is 10.1. The highest BCUT2D eigenvalue weighted by Gasteiger charge is 2.20. The third-order valence-corrected chi connectivity index (χ3v) is 6.34. The molecule has 2 N–H and O–H groups in total. The van der Waals surface area contributed by atoms with E-state index in [4.69, 9.17) is 0 Å². The first-order valence-electron chi connectivity index (χ1n) is 8.40. The Bertz CT molecular complexity index is 803. The van der Waals surface area contributed by atoms with E-state index in [-0.39, 0.29) is 11.6 Å². The zero-order valence-electron chi connectivity index (χ0n) is 14.4. The number of nitro groups is 1. The van der Waals surface area contributed by atoms with Crippen molar-refractivity contribution in [1.82, 2.24) is 15.6 Å². The van der Waals surface area contributed by atoms with Crippen LogP contribution in [0.2, 0.25) is 0 Å². The van der Waals surface area contributed by atoms with Crippen LogP contribution < -0.4 is 10.6 Å². The topological polar surface area (TPSA) is 97.2 Å². The zero-order valence-corrected chi connectivity index (χ0v) is 16.0. The molecule has 2 heterocycles. The molecule has 26 heavy (non-hydrogen) atoms. The Morgan fingerprint density at radius 2 is 2.38 bits per heavy atom. The fourth-order valence-electron chi connectivity index (χ4n) is 2.81. The maximum Gasteiger partial charge on any atom is 0.284 e. The van der Waals surface area contributed by atoms with Crippen LogP contribution in [0.1, 0.15) is 28.9 Å². The van der Waals surface area contributed by atoms with E-state index < -0.39 is 4.92 Å². The predicted octanol–water partition coefficient (Wildman–Crippen LogP) is 3.24. The second kappa shape index (κ2) is 8.61. The fourth-order valence-corrected chi connectivity index (χ4v) is 4.69. The number of hydrogen-bond donors (Lipinski definition) is 2. The van der Waals surface area contributed by atoms with Crippen LogP contribution in [0.3, 0.4) is 0 Å². The van der Waals surface area contributed by atoms with Crippen molar-refractivity contribution in [2.24, 2.45) is 5.92 Å². The van der Waals surface area contributed by atoms with Crippen LogP contribution in [-0.2, 0) is 0 Å². The molecule has 0 radical (unpaired) electrons. The molecule has 7 nitrogen and oxygen atoms in total. The predicted molar refractivity (Wildman–Crippen MR) is 102 cm³/mol. The summed E-state index contributed by atoms with van der Waals surface area (Å²) in [6.07, 6.45) is 2.04. The average molecular weight is 393 g/mol. The van der Waals surface area contributed by atoms with Crippen molar-refractivity contribution in [2.75, 3.05) is 19.6 Å². The molecule has 1 aromatic heterocycles. The number of carbonyl (C=O) groups is 1. The Labute approximate surface area is 159 Å². The average Bonchev–Trinajstić information content (AvgIpc) is 3.26. The van der Waals surface area contributed by atoms with Crippen LogP contribution in [0, 0.1) is 23.0 Å². The standard InChI is InChI=1S/C17H20N4O3S2/c1-11-10-25-17(20-11)26-15-3-2-13(8-14(15)21(23)24)16(22)19-7-5-12-4-6-18-9-12/h2-3,8,10,12,18H,4-7,9H2,1H3,(H,19,22). The molecule has 0 aliphatic carbocycles. The first-order valence-corrected chi connectivity index (χ1v) is 10.1. The highest BCUT2D eigenvalue weighted by Crippen LogP contribution is 2.36. The van der Waals surface area contributed by atoms with E-state index in [1.165, 1.54) is 29.2 Å².